The Morgan fingerprint density at radius 3 is 2.71 bits per heavy atom. The zero-order valence-electron chi connectivity index (χ0n) is 9.25. The van der Waals surface area contributed by atoms with E-state index < -0.39 is 24.8 Å². The van der Waals surface area contributed by atoms with Gasteiger partial charge in [0.2, 0.25) is 0 Å². The van der Waals surface area contributed by atoms with Crippen LogP contribution < -0.4 is 10.6 Å². The maximum absolute atomic E-state index is 11.8. The molecule has 0 saturated heterocycles. The smallest absolute Gasteiger partial charge is 0.329 e. The van der Waals surface area contributed by atoms with E-state index in [4.69, 9.17) is 0 Å². The van der Waals surface area contributed by atoms with E-state index >= 15 is 0 Å². The predicted octanol–water partition coefficient (Wildman–Crippen LogP) is 0.738. The lowest BCUT2D eigenvalue weighted by molar-refractivity contribution is -0.122. The Hall–Kier alpha value is -1.80. The molecule has 1 rings (SSSR count). The number of carbonyl (C=O) groups is 1. The van der Waals surface area contributed by atoms with Crippen LogP contribution in [0.25, 0.3) is 0 Å². The monoisotopic (exact) mass is 251 g/mol. The molecule has 0 aliphatic carbocycles. The molecule has 0 aliphatic rings. The number of hydrogen-bond donors (Lipinski definition) is 2. The van der Waals surface area contributed by atoms with Crippen LogP contribution in [0.15, 0.2) is 6.33 Å². The molecule has 6 nitrogen and oxygen atoms in total. The van der Waals surface area contributed by atoms with E-state index in [1.807, 2.05) is 0 Å². The summed E-state index contributed by atoms with van der Waals surface area (Å²) in [5.74, 6) is 0.451. The van der Waals surface area contributed by atoms with Crippen molar-refractivity contribution in [3.63, 3.8) is 0 Å². The second-order valence-corrected chi connectivity index (χ2v) is 3.46. The van der Waals surface area contributed by atoms with Crippen LogP contribution in [0.4, 0.5) is 18.0 Å². The fraction of sp³-hybridized carbons (Fsp3) is 0.625. The van der Waals surface area contributed by atoms with Crippen LogP contribution >= 0.6 is 0 Å². The van der Waals surface area contributed by atoms with Gasteiger partial charge in [0.1, 0.15) is 12.9 Å². The molecule has 0 fully saturated rings. The van der Waals surface area contributed by atoms with Crippen molar-refractivity contribution >= 4 is 6.03 Å². The van der Waals surface area contributed by atoms with Gasteiger partial charge in [-0.05, 0) is 6.92 Å². The van der Waals surface area contributed by atoms with E-state index in [2.05, 4.69) is 15.5 Å². The molecule has 0 radical (unpaired) electrons. The fourth-order valence-corrected chi connectivity index (χ4v) is 1.18. The van der Waals surface area contributed by atoms with Crippen molar-refractivity contribution in [2.45, 2.75) is 19.1 Å². The number of carbonyl (C=O) groups excluding carboxylic acids is 1. The molecular formula is C8H12F3N5O. The Morgan fingerprint density at radius 1 is 1.59 bits per heavy atom. The molecule has 0 bridgehead atoms. The summed E-state index contributed by atoms with van der Waals surface area (Å²) in [6, 6.07) is -1.44. The van der Waals surface area contributed by atoms with E-state index in [-0.39, 0.29) is 0 Å². The first-order valence-corrected chi connectivity index (χ1v) is 4.74. The summed E-state index contributed by atoms with van der Waals surface area (Å²) in [5, 5.41) is 11.3. The molecule has 0 unspecified atom stereocenters. The number of aromatic nitrogens is 3. The van der Waals surface area contributed by atoms with Gasteiger partial charge in [-0.1, -0.05) is 0 Å². The quantitative estimate of drug-likeness (QED) is 0.832. The Kier molecular flexibility index (Phi) is 3.92. The first kappa shape index (κ1) is 13.3. The molecule has 96 valence electrons. The first-order chi connectivity index (χ1) is 7.79. The minimum Gasteiger partial charge on any atom is -0.329 e. The molecule has 2 N–H and O–H groups in total. The molecule has 1 atom stereocenters. The number of hydrogen-bond acceptors (Lipinski definition) is 3. The maximum Gasteiger partial charge on any atom is 0.405 e. The first-order valence-electron chi connectivity index (χ1n) is 4.74. The molecule has 0 saturated carbocycles. The van der Waals surface area contributed by atoms with Crippen molar-refractivity contribution in [1.82, 2.24) is 25.4 Å². The molecule has 1 aromatic heterocycles. The van der Waals surface area contributed by atoms with Gasteiger partial charge in [-0.25, -0.2) is 4.79 Å². The van der Waals surface area contributed by atoms with Crippen LogP contribution in [-0.4, -0.2) is 33.5 Å². The third-order valence-corrected chi connectivity index (χ3v) is 1.93. The van der Waals surface area contributed by atoms with E-state index in [0.29, 0.717) is 5.82 Å². The number of alkyl halides is 3. The zero-order valence-corrected chi connectivity index (χ0v) is 9.25. The van der Waals surface area contributed by atoms with Crippen LogP contribution in [0.2, 0.25) is 0 Å². The van der Waals surface area contributed by atoms with Crippen molar-refractivity contribution < 1.29 is 18.0 Å². The third kappa shape index (κ3) is 4.29. The van der Waals surface area contributed by atoms with Gasteiger partial charge in [0.25, 0.3) is 0 Å². The number of rotatable bonds is 3. The molecule has 0 spiro atoms. The highest BCUT2D eigenvalue weighted by Crippen LogP contribution is 2.12. The number of nitrogens with zero attached hydrogens (tertiary/aromatic N) is 3. The molecule has 0 aromatic carbocycles. The maximum atomic E-state index is 11.8. The number of aryl methyl sites for hydroxylation is 1. The second-order valence-electron chi connectivity index (χ2n) is 3.46. The lowest BCUT2D eigenvalue weighted by Gasteiger charge is -2.14. The summed E-state index contributed by atoms with van der Waals surface area (Å²) < 4.78 is 37.0. The SMILES string of the molecule is C[C@H](NC(=O)NCC(F)(F)F)c1nncn1C. The van der Waals surface area contributed by atoms with Gasteiger partial charge in [0.05, 0.1) is 6.04 Å². The summed E-state index contributed by atoms with van der Waals surface area (Å²) in [4.78, 5) is 11.1. The summed E-state index contributed by atoms with van der Waals surface area (Å²) in [6.45, 7) is 0.224. The summed E-state index contributed by atoms with van der Waals surface area (Å²) in [5.41, 5.74) is 0. The van der Waals surface area contributed by atoms with Crippen molar-refractivity contribution in [2.24, 2.45) is 7.05 Å². The Morgan fingerprint density at radius 2 is 2.24 bits per heavy atom. The van der Waals surface area contributed by atoms with Gasteiger partial charge in [0, 0.05) is 7.05 Å². The van der Waals surface area contributed by atoms with Crippen LogP contribution in [0, 0.1) is 0 Å². The minimum atomic E-state index is -4.43. The van der Waals surface area contributed by atoms with Gasteiger partial charge >= 0.3 is 12.2 Å². The van der Waals surface area contributed by atoms with Crippen molar-refractivity contribution in [1.29, 1.82) is 0 Å². The molecule has 17 heavy (non-hydrogen) atoms. The highest BCUT2D eigenvalue weighted by Gasteiger charge is 2.28. The van der Waals surface area contributed by atoms with E-state index in [1.165, 1.54) is 6.33 Å². The topological polar surface area (TPSA) is 71.8 Å². The fourth-order valence-electron chi connectivity index (χ4n) is 1.18. The third-order valence-electron chi connectivity index (χ3n) is 1.93. The summed E-state index contributed by atoms with van der Waals surface area (Å²) >= 11 is 0. The molecular weight excluding hydrogens is 239 g/mol. The van der Waals surface area contributed by atoms with E-state index in [1.54, 1.807) is 23.9 Å². The lowest BCUT2D eigenvalue weighted by Crippen LogP contribution is -2.42. The lowest BCUT2D eigenvalue weighted by atomic mass is 10.3. The van der Waals surface area contributed by atoms with E-state index in [0.717, 1.165) is 0 Å². The molecule has 1 aromatic rings. The normalized spacial score (nSPS) is 13.2. The highest BCUT2D eigenvalue weighted by molar-refractivity contribution is 5.74. The van der Waals surface area contributed by atoms with Crippen LogP contribution in [0.1, 0.15) is 18.8 Å². The number of halogens is 3. The van der Waals surface area contributed by atoms with Gasteiger partial charge in [-0.3, -0.25) is 0 Å². The predicted molar refractivity (Wildman–Crippen MR) is 52.0 cm³/mol. The Balaban J connectivity index is 2.44. The van der Waals surface area contributed by atoms with Crippen LogP contribution in [0.3, 0.4) is 0 Å². The van der Waals surface area contributed by atoms with Crippen molar-refractivity contribution in [2.75, 3.05) is 6.54 Å². The van der Waals surface area contributed by atoms with E-state index in [9.17, 15) is 18.0 Å². The number of nitrogens with one attached hydrogen (secondary N) is 2. The van der Waals surface area contributed by atoms with Crippen molar-refractivity contribution in [3.05, 3.63) is 12.2 Å². The van der Waals surface area contributed by atoms with Gasteiger partial charge in [-0.2, -0.15) is 13.2 Å². The average Bonchev–Trinajstić information content (AvgIpc) is 2.60. The molecule has 9 heteroatoms. The number of amides is 2. The molecule has 2 amide bonds. The number of urea groups is 1. The van der Waals surface area contributed by atoms with Gasteiger partial charge in [-0.15, -0.1) is 10.2 Å². The summed E-state index contributed by atoms with van der Waals surface area (Å²) in [7, 11) is 1.67. The Bertz CT molecular complexity index is 389. The largest absolute Gasteiger partial charge is 0.405 e. The summed E-state index contributed by atoms with van der Waals surface area (Å²) in [6.07, 6.45) is -2.99. The average molecular weight is 251 g/mol. The zero-order chi connectivity index (χ0) is 13.1. The minimum absolute atomic E-state index is 0.451. The highest BCUT2D eigenvalue weighted by atomic mass is 19.4. The van der Waals surface area contributed by atoms with Crippen molar-refractivity contribution in [3.8, 4) is 0 Å². The van der Waals surface area contributed by atoms with Crippen LogP contribution in [-0.2, 0) is 7.05 Å². The van der Waals surface area contributed by atoms with Gasteiger partial charge in [0.15, 0.2) is 5.82 Å². The molecule has 0 aliphatic heterocycles. The standard InChI is InChI=1S/C8H12F3N5O/c1-5(6-15-13-4-16(6)2)14-7(17)12-3-8(9,10)11/h4-5H,3H2,1-2H3,(H2,12,14,17)/t5-/m0/s1. The van der Waals surface area contributed by atoms with Crippen LogP contribution in [0.5, 0.6) is 0 Å². The van der Waals surface area contributed by atoms with Gasteiger partial charge < -0.3 is 15.2 Å². The second kappa shape index (κ2) is 5.02. The Labute approximate surface area is 95.2 Å². The molecule has 1 heterocycles.